The Kier molecular flexibility index (Phi) is 4.75. The van der Waals surface area contributed by atoms with Gasteiger partial charge in [-0.2, -0.15) is 0 Å². The summed E-state index contributed by atoms with van der Waals surface area (Å²) in [6.45, 7) is -0.468. The molecule has 0 aromatic heterocycles. The number of carboxylic acid groups (broad SMARTS) is 1. The van der Waals surface area contributed by atoms with Gasteiger partial charge >= 0.3 is 5.97 Å². The van der Waals surface area contributed by atoms with Crippen molar-refractivity contribution in [2.75, 3.05) is 17.3 Å². The molecule has 1 aromatic rings. The van der Waals surface area contributed by atoms with Crippen LogP contribution >= 0.6 is 0 Å². The fourth-order valence-electron chi connectivity index (χ4n) is 1.29. The monoisotopic (exact) mass is 274 g/mol. The van der Waals surface area contributed by atoms with Gasteiger partial charge in [0.2, 0.25) is 0 Å². The van der Waals surface area contributed by atoms with E-state index in [9.17, 15) is 19.1 Å². The molecular weight excluding hydrogens is 264 g/mol. The molecule has 0 radical (unpaired) electrons. The highest BCUT2D eigenvalue weighted by Crippen LogP contribution is 2.19. The summed E-state index contributed by atoms with van der Waals surface area (Å²) < 4.78 is 19.5. The zero-order valence-corrected chi connectivity index (χ0v) is 9.87. The predicted octanol–water partition coefficient (Wildman–Crippen LogP) is 0.665. The van der Waals surface area contributed by atoms with Gasteiger partial charge in [0.05, 0.1) is 4.92 Å². The van der Waals surface area contributed by atoms with Crippen molar-refractivity contribution in [3.05, 3.63) is 34.4 Å². The van der Waals surface area contributed by atoms with Gasteiger partial charge in [-0.05, 0) is 12.1 Å². The number of benzene rings is 1. The third kappa shape index (κ3) is 4.11. The zero-order chi connectivity index (χ0) is 13.7. The molecule has 0 amide bonds. The van der Waals surface area contributed by atoms with E-state index in [0.29, 0.717) is 5.69 Å². The van der Waals surface area contributed by atoms with Gasteiger partial charge < -0.3 is 14.6 Å². The van der Waals surface area contributed by atoms with Gasteiger partial charge in [0.25, 0.3) is 5.69 Å². The molecule has 0 spiro atoms. The van der Waals surface area contributed by atoms with Crippen LogP contribution in [0.15, 0.2) is 24.3 Å². The number of anilines is 1. The first-order chi connectivity index (χ1) is 8.40. The molecule has 18 heavy (non-hydrogen) atoms. The normalized spacial score (nSPS) is 11.8. The van der Waals surface area contributed by atoms with E-state index in [0.717, 1.165) is 4.90 Å². The summed E-state index contributed by atoms with van der Waals surface area (Å²) in [5.74, 6) is -1.55. The minimum atomic E-state index is -2.20. The Hall–Kier alpha value is -2.00. The Morgan fingerprint density at radius 1 is 1.39 bits per heavy atom. The highest BCUT2D eigenvalue weighted by Gasteiger charge is 2.14. The van der Waals surface area contributed by atoms with Crippen LogP contribution in [0.3, 0.4) is 0 Å². The standard InChI is InChI=1S/C9H10N2O6S/c12-9(13)5-10(6-18(16)17)7-1-3-8(4-2-7)11(14)15/h1-4H,5-6H2,(H,12,13)(H,16,17). The Bertz CT molecular complexity index is 458. The van der Waals surface area contributed by atoms with Crippen molar-refractivity contribution >= 4 is 28.4 Å². The van der Waals surface area contributed by atoms with Gasteiger partial charge in [-0.15, -0.1) is 0 Å². The van der Waals surface area contributed by atoms with Crippen molar-refractivity contribution in [1.82, 2.24) is 0 Å². The molecule has 1 aromatic carbocycles. The number of nitro groups is 1. The molecule has 1 atom stereocenters. The Balaban J connectivity index is 2.93. The van der Waals surface area contributed by atoms with Gasteiger partial charge in [0.1, 0.15) is 12.4 Å². The Morgan fingerprint density at radius 3 is 2.33 bits per heavy atom. The third-order valence-corrected chi connectivity index (χ3v) is 2.55. The first-order valence-electron chi connectivity index (χ1n) is 4.69. The molecule has 0 aliphatic carbocycles. The van der Waals surface area contributed by atoms with Crippen molar-refractivity contribution in [3.8, 4) is 0 Å². The molecule has 0 saturated carbocycles. The van der Waals surface area contributed by atoms with Gasteiger partial charge in [-0.1, -0.05) is 0 Å². The van der Waals surface area contributed by atoms with E-state index < -0.39 is 28.5 Å². The molecule has 9 heteroatoms. The van der Waals surface area contributed by atoms with Crippen molar-refractivity contribution in [2.45, 2.75) is 0 Å². The molecule has 0 aliphatic rings. The highest BCUT2D eigenvalue weighted by molar-refractivity contribution is 7.79. The minimum Gasteiger partial charge on any atom is -0.480 e. The number of aliphatic carboxylic acids is 1. The van der Waals surface area contributed by atoms with Crippen LogP contribution in [0.5, 0.6) is 0 Å². The van der Waals surface area contributed by atoms with E-state index in [1.54, 1.807) is 0 Å². The average Bonchev–Trinajstić information content (AvgIpc) is 2.27. The largest absolute Gasteiger partial charge is 0.480 e. The zero-order valence-electron chi connectivity index (χ0n) is 9.05. The molecule has 0 heterocycles. The van der Waals surface area contributed by atoms with Crippen LogP contribution in [0.1, 0.15) is 0 Å². The average molecular weight is 274 g/mol. The van der Waals surface area contributed by atoms with E-state index in [4.69, 9.17) is 9.66 Å². The third-order valence-electron chi connectivity index (χ3n) is 2.02. The molecule has 1 rings (SSSR count). The summed E-state index contributed by atoms with van der Waals surface area (Å²) in [5.41, 5.74) is 0.185. The summed E-state index contributed by atoms with van der Waals surface area (Å²) in [6, 6.07) is 5.05. The molecule has 98 valence electrons. The molecule has 8 nitrogen and oxygen atoms in total. The lowest BCUT2D eigenvalue weighted by Gasteiger charge is -2.20. The number of nitro benzene ring substituents is 1. The van der Waals surface area contributed by atoms with E-state index in [1.807, 2.05) is 0 Å². The Morgan fingerprint density at radius 2 is 1.94 bits per heavy atom. The van der Waals surface area contributed by atoms with E-state index in [2.05, 4.69) is 0 Å². The second-order valence-corrected chi connectivity index (χ2v) is 4.22. The number of rotatable bonds is 6. The quantitative estimate of drug-likeness (QED) is 0.444. The van der Waals surface area contributed by atoms with Crippen LogP contribution < -0.4 is 4.90 Å². The van der Waals surface area contributed by atoms with Crippen LogP contribution in [0.25, 0.3) is 0 Å². The first-order valence-corrected chi connectivity index (χ1v) is 5.96. The lowest BCUT2D eigenvalue weighted by atomic mass is 10.2. The van der Waals surface area contributed by atoms with E-state index in [1.165, 1.54) is 24.3 Å². The topological polar surface area (TPSA) is 121 Å². The van der Waals surface area contributed by atoms with Crippen molar-refractivity contribution in [1.29, 1.82) is 0 Å². The maximum absolute atomic E-state index is 10.7. The molecule has 1 unspecified atom stereocenters. The summed E-state index contributed by atoms with van der Waals surface area (Å²) in [5, 5.41) is 19.1. The van der Waals surface area contributed by atoms with Gasteiger partial charge in [-0.25, -0.2) is 4.21 Å². The van der Waals surface area contributed by atoms with Crippen molar-refractivity contribution in [2.24, 2.45) is 0 Å². The first kappa shape index (κ1) is 14.1. The fourth-order valence-corrected chi connectivity index (χ4v) is 1.80. The SMILES string of the molecule is O=C(O)CN(CS(=O)O)c1ccc([N+](=O)[O-])cc1. The van der Waals surface area contributed by atoms with Crippen LogP contribution in [-0.2, 0) is 15.9 Å². The Labute approximate surface area is 104 Å². The molecule has 0 saturated heterocycles. The minimum absolute atomic E-state index is 0.140. The maximum atomic E-state index is 10.7. The maximum Gasteiger partial charge on any atom is 0.323 e. The van der Waals surface area contributed by atoms with Crippen LogP contribution in [0.4, 0.5) is 11.4 Å². The molecule has 2 N–H and O–H groups in total. The summed E-state index contributed by atoms with van der Waals surface area (Å²) in [7, 11) is 0. The van der Waals surface area contributed by atoms with Crippen molar-refractivity contribution < 1.29 is 23.6 Å². The number of non-ortho nitro benzene ring substituents is 1. The molecule has 0 aliphatic heterocycles. The van der Waals surface area contributed by atoms with Crippen LogP contribution in [0, 0.1) is 10.1 Å². The highest BCUT2D eigenvalue weighted by atomic mass is 32.2. The molecule has 0 bridgehead atoms. The van der Waals surface area contributed by atoms with Crippen molar-refractivity contribution in [3.63, 3.8) is 0 Å². The van der Waals surface area contributed by atoms with Crippen LogP contribution in [0.2, 0.25) is 0 Å². The number of carboxylic acids is 1. The van der Waals surface area contributed by atoms with Gasteiger partial charge in [-0.3, -0.25) is 14.9 Å². The van der Waals surface area contributed by atoms with E-state index in [-0.39, 0.29) is 11.6 Å². The second-order valence-electron chi connectivity index (χ2n) is 3.32. The lowest BCUT2D eigenvalue weighted by molar-refractivity contribution is -0.384. The van der Waals surface area contributed by atoms with Gasteiger partial charge in [0.15, 0.2) is 11.1 Å². The smallest absolute Gasteiger partial charge is 0.323 e. The summed E-state index contributed by atoms with van der Waals surface area (Å²) in [4.78, 5) is 21.6. The lowest BCUT2D eigenvalue weighted by Crippen LogP contribution is -2.32. The molecular formula is C9H10N2O6S. The van der Waals surface area contributed by atoms with E-state index >= 15 is 0 Å². The second kappa shape index (κ2) is 6.07. The van der Waals surface area contributed by atoms with Crippen LogP contribution in [-0.4, -0.2) is 37.2 Å². The summed E-state index contributed by atoms with van der Waals surface area (Å²) >= 11 is -2.20. The number of carbonyl (C=O) groups is 1. The number of hydrogen-bond donors (Lipinski definition) is 2. The molecule has 0 fully saturated rings. The fraction of sp³-hybridized carbons (Fsp3) is 0.222. The number of hydrogen-bond acceptors (Lipinski definition) is 5. The summed E-state index contributed by atoms with van der Waals surface area (Å²) in [6.07, 6.45) is 0. The number of nitrogens with zero attached hydrogens (tertiary/aromatic N) is 2. The van der Waals surface area contributed by atoms with Gasteiger partial charge in [0, 0.05) is 17.8 Å². The predicted molar refractivity (Wildman–Crippen MR) is 63.7 cm³/mol.